The zero-order valence-electron chi connectivity index (χ0n) is 11.2. The molecule has 1 aromatic rings. The van der Waals surface area contributed by atoms with E-state index in [1.807, 2.05) is 0 Å². The van der Waals surface area contributed by atoms with Crippen molar-refractivity contribution in [2.75, 3.05) is 26.3 Å². The number of piperidine rings is 1. The number of nitrogens with zero attached hydrogens (tertiary/aromatic N) is 2. The number of carbonyl (C=O) groups excluding carboxylic acids is 1. The fourth-order valence-electron chi connectivity index (χ4n) is 2.30. The number of likely N-dealkylation sites (tertiary alicyclic amines) is 1. The average molecular weight is 274 g/mol. The number of aliphatic hydroxyl groups is 2. The van der Waals surface area contributed by atoms with E-state index in [2.05, 4.69) is 16.8 Å². The van der Waals surface area contributed by atoms with Crippen molar-refractivity contribution in [1.29, 1.82) is 0 Å². The summed E-state index contributed by atoms with van der Waals surface area (Å²) >= 11 is 0. The van der Waals surface area contributed by atoms with Gasteiger partial charge in [-0.15, -0.1) is 0 Å². The molecule has 0 aliphatic carbocycles. The van der Waals surface area contributed by atoms with Gasteiger partial charge in [0.15, 0.2) is 0 Å². The summed E-state index contributed by atoms with van der Waals surface area (Å²) in [6, 6.07) is 3.36. The van der Waals surface area contributed by atoms with Gasteiger partial charge in [-0.2, -0.15) is 0 Å². The summed E-state index contributed by atoms with van der Waals surface area (Å²) in [7, 11) is 0. The predicted molar refractivity (Wildman–Crippen MR) is 73.9 cm³/mol. The van der Waals surface area contributed by atoms with Crippen molar-refractivity contribution in [2.24, 2.45) is 5.92 Å². The van der Waals surface area contributed by atoms with E-state index in [-0.39, 0.29) is 25.0 Å². The maximum atomic E-state index is 12.3. The number of aromatic nitrogens is 1. The van der Waals surface area contributed by atoms with Gasteiger partial charge in [0.1, 0.15) is 12.3 Å². The lowest BCUT2D eigenvalue weighted by Crippen LogP contribution is -2.41. The van der Waals surface area contributed by atoms with Crippen LogP contribution in [0.25, 0.3) is 0 Å². The molecule has 1 unspecified atom stereocenters. The van der Waals surface area contributed by atoms with E-state index in [0.717, 1.165) is 12.8 Å². The average Bonchev–Trinajstić information content (AvgIpc) is 2.52. The van der Waals surface area contributed by atoms with Gasteiger partial charge in [-0.25, -0.2) is 4.98 Å². The third kappa shape index (κ3) is 3.56. The van der Waals surface area contributed by atoms with Gasteiger partial charge in [-0.05, 0) is 30.9 Å². The van der Waals surface area contributed by atoms with Crippen molar-refractivity contribution in [3.63, 3.8) is 0 Å². The molecule has 5 nitrogen and oxygen atoms in total. The lowest BCUT2D eigenvalue weighted by molar-refractivity contribution is 0.0615. The Balaban J connectivity index is 2.05. The minimum absolute atomic E-state index is 0.107. The van der Waals surface area contributed by atoms with Gasteiger partial charge in [0.25, 0.3) is 5.91 Å². The topological polar surface area (TPSA) is 73.7 Å². The molecule has 1 saturated heterocycles. The Morgan fingerprint density at radius 2 is 2.30 bits per heavy atom. The smallest absolute Gasteiger partial charge is 0.272 e. The standard InChI is InChI=1S/C15H18N2O3/c18-8-2-4-12-5-6-14(16-9-12)15(20)17-7-1-3-13(10-17)11-19/h5-6,9,13,18-19H,1,3,7-8,10-11H2. The lowest BCUT2D eigenvalue weighted by atomic mass is 9.99. The Morgan fingerprint density at radius 1 is 1.45 bits per heavy atom. The molecule has 2 heterocycles. The predicted octanol–water partition coefficient (Wildman–Crippen LogP) is 0.270. The lowest BCUT2D eigenvalue weighted by Gasteiger charge is -2.31. The van der Waals surface area contributed by atoms with Gasteiger partial charge in [0.2, 0.25) is 0 Å². The first-order chi connectivity index (χ1) is 9.74. The van der Waals surface area contributed by atoms with Crippen LogP contribution >= 0.6 is 0 Å². The number of hydrogen-bond donors (Lipinski definition) is 2. The molecule has 1 fully saturated rings. The third-order valence-corrected chi connectivity index (χ3v) is 3.36. The Hall–Kier alpha value is -1.90. The highest BCUT2D eigenvalue weighted by molar-refractivity contribution is 5.92. The van der Waals surface area contributed by atoms with Crippen LogP contribution in [0.15, 0.2) is 18.3 Å². The minimum Gasteiger partial charge on any atom is -0.396 e. The quantitative estimate of drug-likeness (QED) is 0.759. The van der Waals surface area contributed by atoms with Crippen LogP contribution in [-0.4, -0.2) is 52.3 Å². The highest BCUT2D eigenvalue weighted by Crippen LogP contribution is 2.17. The highest BCUT2D eigenvalue weighted by Gasteiger charge is 2.24. The van der Waals surface area contributed by atoms with Crippen LogP contribution in [0.3, 0.4) is 0 Å². The number of hydrogen-bond acceptors (Lipinski definition) is 4. The second-order valence-corrected chi connectivity index (χ2v) is 4.83. The van der Waals surface area contributed by atoms with E-state index in [0.29, 0.717) is 24.3 Å². The molecule has 0 saturated carbocycles. The summed E-state index contributed by atoms with van der Waals surface area (Å²) in [4.78, 5) is 18.2. The van der Waals surface area contributed by atoms with Crippen molar-refractivity contribution in [3.05, 3.63) is 29.6 Å². The van der Waals surface area contributed by atoms with Gasteiger partial charge in [0, 0.05) is 31.5 Å². The molecule has 1 aliphatic heterocycles. The van der Waals surface area contributed by atoms with Crippen LogP contribution < -0.4 is 0 Å². The molecule has 20 heavy (non-hydrogen) atoms. The fraction of sp³-hybridized carbons (Fsp3) is 0.467. The van der Waals surface area contributed by atoms with Gasteiger partial charge in [-0.3, -0.25) is 4.79 Å². The molecule has 1 aliphatic rings. The van der Waals surface area contributed by atoms with Crippen molar-refractivity contribution in [2.45, 2.75) is 12.8 Å². The van der Waals surface area contributed by atoms with Crippen LogP contribution in [0.2, 0.25) is 0 Å². The van der Waals surface area contributed by atoms with E-state index in [4.69, 9.17) is 5.11 Å². The molecule has 2 N–H and O–H groups in total. The number of carbonyl (C=O) groups is 1. The zero-order chi connectivity index (χ0) is 14.4. The Bertz CT molecular complexity index is 516. The first kappa shape index (κ1) is 14.5. The summed E-state index contributed by atoms with van der Waals surface area (Å²) in [5.41, 5.74) is 1.06. The molecule has 1 atom stereocenters. The second-order valence-electron chi connectivity index (χ2n) is 4.83. The van der Waals surface area contributed by atoms with E-state index in [1.165, 1.54) is 6.20 Å². The molecule has 0 aromatic carbocycles. The summed E-state index contributed by atoms with van der Waals surface area (Å²) in [6.07, 6.45) is 3.41. The summed E-state index contributed by atoms with van der Waals surface area (Å²) < 4.78 is 0. The molecular weight excluding hydrogens is 256 g/mol. The maximum absolute atomic E-state index is 12.3. The van der Waals surface area contributed by atoms with Gasteiger partial charge < -0.3 is 15.1 Å². The Labute approximate surface area is 118 Å². The van der Waals surface area contributed by atoms with Gasteiger partial charge in [-0.1, -0.05) is 11.8 Å². The van der Waals surface area contributed by atoms with Crippen LogP contribution in [0.4, 0.5) is 0 Å². The summed E-state index contributed by atoms with van der Waals surface area (Å²) in [6.45, 7) is 1.22. The summed E-state index contributed by atoms with van der Waals surface area (Å²) in [5, 5.41) is 17.8. The summed E-state index contributed by atoms with van der Waals surface area (Å²) in [5.74, 6) is 5.33. The first-order valence-electron chi connectivity index (χ1n) is 6.70. The molecule has 5 heteroatoms. The van der Waals surface area contributed by atoms with E-state index >= 15 is 0 Å². The molecule has 2 rings (SSSR count). The monoisotopic (exact) mass is 274 g/mol. The molecule has 0 bridgehead atoms. The van der Waals surface area contributed by atoms with Crippen molar-refractivity contribution < 1.29 is 15.0 Å². The van der Waals surface area contributed by atoms with E-state index in [9.17, 15) is 9.90 Å². The van der Waals surface area contributed by atoms with Crippen molar-refractivity contribution in [1.82, 2.24) is 9.88 Å². The molecular formula is C15H18N2O3. The SMILES string of the molecule is O=C(c1ccc(C#CCO)cn1)N1CCCC(CO)C1. The third-order valence-electron chi connectivity index (χ3n) is 3.36. The molecule has 0 radical (unpaired) electrons. The minimum atomic E-state index is -0.197. The van der Waals surface area contributed by atoms with Gasteiger partial charge >= 0.3 is 0 Å². The number of aliphatic hydroxyl groups excluding tert-OH is 2. The number of pyridine rings is 1. The van der Waals surface area contributed by atoms with Crippen LogP contribution in [-0.2, 0) is 0 Å². The second kappa shape index (κ2) is 7.04. The van der Waals surface area contributed by atoms with E-state index in [1.54, 1.807) is 17.0 Å². The number of amides is 1. The molecule has 1 amide bonds. The van der Waals surface area contributed by atoms with Crippen molar-refractivity contribution >= 4 is 5.91 Å². The van der Waals surface area contributed by atoms with Crippen LogP contribution in [0.5, 0.6) is 0 Å². The zero-order valence-corrected chi connectivity index (χ0v) is 11.2. The normalized spacial score (nSPS) is 18.3. The number of rotatable bonds is 2. The fourth-order valence-corrected chi connectivity index (χ4v) is 2.30. The van der Waals surface area contributed by atoms with Crippen molar-refractivity contribution in [3.8, 4) is 11.8 Å². The van der Waals surface area contributed by atoms with Crippen LogP contribution in [0, 0.1) is 17.8 Å². The molecule has 106 valence electrons. The molecule has 1 aromatic heterocycles. The molecule has 0 spiro atoms. The Kier molecular flexibility index (Phi) is 5.10. The largest absolute Gasteiger partial charge is 0.396 e. The Morgan fingerprint density at radius 3 is 2.95 bits per heavy atom. The maximum Gasteiger partial charge on any atom is 0.272 e. The highest BCUT2D eigenvalue weighted by atomic mass is 16.3. The van der Waals surface area contributed by atoms with Crippen LogP contribution in [0.1, 0.15) is 28.9 Å². The first-order valence-corrected chi connectivity index (χ1v) is 6.70. The van der Waals surface area contributed by atoms with Gasteiger partial charge in [0.05, 0.1) is 0 Å². The van der Waals surface area contributed by atoms with E-state index < -0.39 is 0 Å².